The van der Waals surface area contributed by atoms with Crippen LogP contribution < -0.4 is 10.2 Å². The highest BCUT2D eigenvalue weighted by Gasteiger charge is 2.12. The predicted octanol–water partition coefficient (Wildman–Crippen LogP) is 3.47. The summed E-state index contributed by atoms with van der Waals surface area (Å²) in [5.74, 6) is -0.315. The zero-order valence-electron chi connectivity index (χ0n) is 14.9. The van der Waals surface area contributed by atoms with E-state index < -0.39 is 9.84 Å². The number of piperidine rings is 1. The highest BCUT2D eigenvalue weighted by atomic mass is 32.2. The summed E-state index contributed by atoms with van der Waals surface area (Å²) >= 11 is 0. The van der Waals surface area contributed by atoms with Crippen LogP contribution in [0.15, 0.2) is 48.5 Å². The van der Waals surface area contributed by atoms with Crippen LogP contribution in [0.3, 0.4) is 0 Å². The van der Waals surface area contributed by atoms with Crippen LogP contribution in [0.5, 0.6) is 0 Å². The number of nitrogens with zero attached hydrogens (tertiary/aromatic N) is 1. The lowest BCUT2D eigenvalue weighted by molar-refractivity contribution is 0.102. The molecule has 1 fully saturated rings. The number of hydrogen-bond acceptors (Lipinski definition) is 4. The third-order valence-electron chi connectivity index (χ3n) is 4.46. The molecule has 2 aromatic carbocycles. The van der Waals surface area contributed by atoms with Gasteiger partial charge in [0, 0.05) is 36.3 Å². The molecule has 138 valence electrons. The molecule has 1 aliphatic rings. The maximum atomic E-state index is 12.4. The number of carbonyl (C=O) groups excluding carboxylic acids is 1. The highest BCUT2D eigenvalue weighted by Crippen LogP contribution is 2.22. The number of sulfone groups is 1. The summed E-state index contributed by atoms with van der Waals surface area (Å²) in [6.45, 7) is 2.16. The fourth-order valence-corrected chi connectivity index (χ4v) is 4.00. The van der Waals surface area contributed by atoms with Crippen LogP contribution in [0.25, 0.3) is 0 Å². The van der Waals surface area contributed by atoms with Crippen LogP contribution in [0.4, 0.5) is 11.4 Å². The van der Waals surface area contributed by atoms with Crippen LogP contribution in [-0.4, -0.2) is 33.7 Å². The summed E-state index contributed by atoms with van der Waals surface area (Å²) in [4.78, 5) is 14.8. The second kappa shape index (κ2) is 7.91. The minimum Gasteiger partial charge on any atom is -0.372 e. The Labute approximate surface area is 154 Å². The Bertz CT molecular complexity index is 870. The maximum absolute atomic E-state index is 12.4. The van der Waals surface area contributed by atoms with Crippen molar-refractivity contribution in [3.8, 4) is 0 Å². The fraction of sp³-hybridized carbons (Fsp3) is 0.350. The largest absolute Gasteiger partial charge is 0.372 e. The highest BCUT2D eigenvalue weighted by molar-refractivity contribution is 7.89. The molecule has 3 rings (SSSR count). The molecular formula is C20H24N2O3S. The van der Waals surface area contributed by atoms with E-state index in [0.717, 1.165) is 18.8 Å². The first-order chi connectivity index (χ1) is 12.4. The van der Waals surface area contributed by atoms with E-state index in [2.05, 4.69) is 10.2 Å². The molecule has 26 heavy (non-hydrogen) atoms. The van der Waals surface area contributed by atoms with Gasteiger partial charge < -0.3 is 10.2 Å². The van der Waals surface area contributed by atoms with Crippen LogP contribution in [-0.2, 0) is 15.6 Å². The van der Waals surface area contributed by atoms with Gasteiger partial charge >= 0.3 is 0 Å². The molecule has 1 N–H and O–H groups in total. The minimum absolute atomic E-state index is 0.0708. The van der Waals surface area contributed by atoms with Gasteiger partial charge in [-0.1, -0.05) is 12.1 Å². The van der Waals surface area contributed by atoms with E-state index in [1.165, 1.54) is 31.2 Å². The van der Waals surface area contributed by atoms with Gasteiger partial charge in [0.05, 0.1) is 5.75 Å². The lowest BCUT2D eigenvalue weighted by Gasteiger charge is -2.28. The number of benzene rings is 2. The molecule has 0 atom stereocenters. The molecule has 1 heterocycles. The van der Waals surface area contributed by atoms with Crippen molar-refractivity contribution in [1.29, 1.82) is 0 Å². The molecule has 0 aromatic heterocycles. The van der Waals surface area contributed by atoms with E-state index in [4.69, 9.17) is 0 Å². The van der Waals surface area contributed by atoms with Crippen molar-refractivity contribution in [3.63, 3.8) is 0 Å². The molecule has 0 aliphatic carbocycles. The first kappa shape index (κ1) is 18.5. The molecule has 0 spiro atoms. The average Bonchev–Trinajstić information content (AvgIpc) is 2.62. The molecule has 0 bridgehead atoms. The monoisotopic (exact) mass is 372 g/mol. The van der Waals surface area contributed by atoms with Crippen molar-refractivity contribution < 1.29 is 13.2 Å². The fourth-order valence-electron chi connectivity index (χ4n) is 3.22. The number of amides is 1. The van der Waals surface area contributed by atoms with Gasteiger partial charge in [0.15, 0.2) is 9.84 Å². The molecule has 1 amide bonds. The number of hydrogen-bond donors (Lipinski definition) is 1. The van der Waals surface area contributed by atoms with Gasteiger partial charge in [0.25, 0.3) is 5.91 Å². The van der Waals surface area contributed by atoms with Crippen LogP contribution in [0.1, 0.15) is 35.2 Å². The lowest BCUT2D eigenvalue weighted by atomic mass is 10.1. The summed E-state index contributed by atoms with van der Waals surface area (Å²) in [7, 11) is -3.13. The second-order valence-electron chi connectivity index (χ2n) is 6.82. The maximum Gasteiger partial charge on any atom is 0.255 e. The van der Waals surface area contributed by atoms with Crippen molar-refractivity contribution in [2.24, 2.45) is 0 Å². The summed E-state index contributed by atoms with van der Waals surface area (Å²) in [5, 5.41) is 2.87. The Morgan fingerprint density at radius 2 is 1.73 bits per heavy atom. The Morgan fingerprint density at radius 3 is 2.38 bits per heavy atom. The van der Waals surface area contributed by atoms with E-state index in [-0.39, 0.29) is 11.7 Å². The van der Waals surface area contributed by atoms with Gasteiger partial charge in [-0.05, 0) is 61.2 Å². The van der Waals surface area contributed by atoms with Crippen molar-refractivity contribution in [1.82, 2.24) is 0 Å². The SMILES string of the molecule is CS(=O)(=O)Cc1cccc(C(=O)Nc2ccc(N3CCCCC3)cc2)c1. The van der Waals surface area contributed by atoms with Crippen LogP contribution in [0.2, 0.25) is 0 Å². The van der Waals surface area contributed by atoms with E-state index in [1.54, 1.807) is 24.3 Å². The Kier molecular flexibility index (Phi) is 5.61. The molecule has 1 aliphatic heterocycles. The van der Waals surface area contributed by atoms with Crippen molar-refractivity contribution >= 4 is 27.1 Å². The van der Waals surface area contributed by atoms with Crippen molar-refractivity contribution in [2.45, 2.75) is 25.0 Å². The summed E-state index contributed by atoms with van der Waals surface area (Å²) in [6, 6.07) is 14.6. The zero-order valence-corrected chi connectivity index (χ0v) is 15.8. The standard InChI is InChI=1S/C20H24N2O3S/c1-26(24,25)15-16-6-5-7-17(14-16)20(23)21-18-8-10-19(11-9-18)22-12-3-2-4-13-22/h5-11,14H,2-4,12-13,15H2,1H3,(H,21,23). The molecule has 0 radical (unpaired) electrons. The van der Waals surface area contributed by atoms with Gasteiger partial charge in [-0.25, -0.2) is 8.42 Å². The van der Waals surface area contributed by atoms with Gasteiger partial charge in [-0.15, -0.1) is 0 Å². The minimum atomic E-state index is -3.13. The third kappa shape index (κ3) is 5.08. The van der Waals surface area contributed by atoms with Crippen molar-refractivity contribution in [2.75, 3.05) is 29.6 Å². The van der Waals surface area contributed by atoms with Gasteiger partial charge in [0.2, 0.25) is 0 Å². The number of anilines is 2. The third-order valence-corrected chi connectivity index (χ3v) is 5.32. The number of carbonyl (C=O) groups is 1. The molecule has 2 aromatic rings. The van der Waals surface area contributed by atoms with E-state index in [9.17, 15) is 13.2 Å². The number of rotatable bonds is 5. The Hall–Kier alpha value is -2.34. The topological polar surface area (TPSA) is 66.5 Å². The van der Waals surface area contributed by atoms with E-state index in [1.807, 2.05) is 24.3 Å². The van der Waals surface area contributed by atoms with Crippen molar-refractivity contribution in [3.05, 3.63) is 59.7 Å². The Morgan fingerprint density at radius 1 is 1.04 bits per heavy atom. The molecule has 0 saturated carbocycles. The molecule has 6 heteroatoms. The quantitative estimate of drug-likeness (QED) is 0.873. The molecular weight excluding hydrogens is 348 g/mol. The second-order valence-corrected chi connectivity index (χ2v) is 8.96. The average molecular weight is 372 g/mol. The molecule has 1 saturated heterocycles. The van der Waals surface area contributed by atoms with Gasteiger partial charge in [-0.2, -0.15) is 0 Å². The van der Waals surface area contributed by atoms with Gasteiger partial charge in [-0.3, -0.25) is 4.79 Å². The Balaban J connectivity index is 1.67. The van der Waals surface area contributed by atoms with E-state index >= 15 is 0 Å². The zero-order chi connectivity index (χ0) is 18.6. The number of nitrogens with one attached hydrogen (secondary N) is 1. The first-order valence-corrected chi connectivity index (χ1v) is 10.9. The normalized spacial score (nSPS) is 14.9. The smallest absolute Gasteiger partial charge is 0.255 e. The lowest BCUT2D eigenvalue weighted by Crippen LogP contribution is -2.29. The van der Waals surface area contributed by atoms with Gasteiger partial charge in [0.1, 0.15) is 0 Å². The first-order valence-electron chi connectivity index (χ1n) is 8.84. The van der Waals surface area contributed by atoms with Crippen LogP contribution >= 0.6 is 0 Å². The summed E-state index contributed by atoms with van der Waals surface area (Å²) in [6.07, 6.45) is 4.93. The van der Waals surface area contributed by atoms with E-state index in [0.29, 0.717) is 11.1 Å². The predicted molar refractivity (Wildman–Crippen MR) is 105 cm³/mol. The van der Waals surface area contributed by atoms with Crippen LogP contribution in [0, 0.1) is 0 Å². The summed E-state index contributed by atoms with van der Waals surface area (Å²) < 4.78 is 22.9. The molecule has 5 nitrogen and oxygen atoms in total. The molecule has 0 unspecified atom stereocenters. The summed E-state index contributed by atoms with van der Waals surface area (Å²) in [5.41, 5.74) is 2.97.